The van der Waals surface area contributed by atoms with Gasteiger partial charge in [-0.1, -0.05) is 30.3 Å². The predicted molar refractivity (Wildman–Crippen MR) is 92.5 cm³/mol. The molecule has 1 N–H and O–H groups in total. The monoisotopic (exact) mass is 312 g/mol. The van der Waals surface area contributed by atoms with Gasteiger partial charge in [-0.05, 0) is 39.3 Å². The molecule has 1 aromatic heterocycles. The first-order chi connectivity index (χ1) is 11.0. The van der Waals surface area contributed by atoms with Gasteiger partial charge in [0.1, 0.15) is 5.69 Å². The van der Waals surface area contributed by atoms with E-state index in [4.69, 9.17) is 0 Å². The molecule has 1 atom stereocenters. The Morgan fingerprint density at radius 2 is 1.83 bits per heavy atom. The Balaban J connectivity index is 2.22. The number of nitrogens with one attached hydrogen (secondary N) is 1. The molecule has 0 aliphatic rings. The van der Waals surface area contributed by atoms with Crippen LogP contribution in [0.3, 0.4) is 0 Å². The van der Waals surface area contributed by atoms with Gasteiger partial charge in [0.05, 0.1) is 6.04 Å². The zero-order valence-corrected chi connectivity index (χ0v) is 14.2. The molecule has 0 spiro atoms. The summed E-state index contributed by atoms with van der Waals surface area (Å²) in [4.78, 5) is 23.0. The average molecular weight is 312 g/mol. The van der Waals surface area contributed by atoms with Crippen LogP contribution in [-0.4, -0.2) is 33.9 Å². The fourth-order valence-corrected chi connectivity index (χ4v) is 2.43. The number of rotatable bonds is 6. The number of carbonyl (C=O) groups excluding carboxylic acids is 1. The van der Waals surface area contributed by atoms with E-state index in [-0.39, 0.29) is 11.9 Å². The molecule has 0 aliphatic heterocycles. The highest BCUT2D eigenvalue weighted by Gasteiger charge is 2.16. The number of amides is 1. The van der Waals surface area contributed by atoms with Crippen molar-refractivity contribution in [1.82, 2.24) is 14.9 Å². The van der Waals surface area contributed by atoms with E-state index in [1.165, 1.54) is 0 Å². The van der Waals surface area contributed by atoms with Gasteiger partial charge in [-0.15, -0.1) is 0 Å². The van der Waals surface area contributed by atoms with Gasteiger partial charge in [-0.2, -0.15) is 0 Å². The molecule has 5 heteroatoms. The van der Waals surface area contributed by atoms with Gasteiger partial charge in [-0.3, -0.25) is 4.79 Å². The number of aryl methyl sites for hydroxylation is 1. The summed E-state index contributed by atoms with van der Waals surface area (Å²) in [7, 11) is 0. The van der Waals surface area contributed by atoms with Crippen LogP contribution in [0, 0.1) is 6.92 Å². The Bertz CT molecular complexity index is 653. The molecule has 0 saturated heterocycles. The first kappa shape index (κ1) is 16.9. The normalized spacial score (nSPS) is 11.8. The predicted octanol–water partition coefficient (Wildman–Crippen LogP) is 3.44. The summed E-state index contributed by atoms with van der Waals surface area (Å²) in [6, 6.07) is 11.9. The molecule has 2 rings (SSSR count). The van der Waals surface area contributed by atoms with Crippen LogP contribution in [0.1, 0.15) is 48.6 Å². The minimum atomic E-state index is -0.0593. The van der Waals surface area contributed by atoms with Crippen LogP contribution < -0.4 is 5.32 Å². The van der Waals surface area contributed by atoms with E-state index >= 15 is 0 Å². The fourth-order valence-electron chi connectivity index (χ4n) is 2.43. The lowest BCUT2D eigenvalue weighted by molar-refractivity contribution is 0.0767. The number of benzene rings is 1. The lowest BCUT2D eigenvalue weighted by Crippen LogP contribution is -2.31. The minimum absolute atomic E-state index is 0.0593. The molecular formula is C18H24N4O. The number of hydrogen-bond acceptors (Lipinski definition) is 4. The van der Waals surface area contributed by atoms with Crippen molar-refractivity contribution >= 4 is 11.9 Å². The van der Waals surface area contributed by atoms with Gasteiger partial charge < -0.3 is 10.2 Å². The largest absolute Gasteiger partial charge is 0.348 e. The van der Waals surface area contributed by atoms with Gasteiger partial charge in [0.15, 0.2) is 0 Å². The second kappa shape index (κ2) is 7.72. The van der Waals surface area contributed by atoms with E-state index in [1.54, 1.807) is 11.0 Å². The quantitative estimate of drug-likeness (QED) is 0.887. The third-order valence-corrected chi connectivity index (χ3v) is 3.77. The van der Waals surface area contributed by atoms with Crippen LogP contribution in [0.5, 0.6) is 0 Å². The van der Waals surface area contributed by atoms with E-state index in [1.807, 2.05) is 45.9 Å². The SMILES string of the molecule is CCN(CC)C(=O)c1cc(C)nc(NC(C)c2ccccc2)n1. The topological polar surface area (TPSA) is 58.1 Å². The van der Waals surface area contributed by atoms with Crippen LogP contribution >= 0.6 is 0 Å². The van der Waals surface area contributed by atoms with Gasteiger partial charge in [-0.25, -0.2) is 9.97 Å². The van der Waals surface area contributed by atoms with Crippen molar-refractivity contribution in [1.29, 1.82) is 0 Å². The van der Waals surface area contributed by atoms with Crippen molar-refractivity contribution in [3.8, 4) is 0 Å². The highest BCUT2D eigenvalue weighted by molar-refractivity contribution is 5.92. The maximum Gasteiger partial charge on any atom is 0.272 e. The minimum Gasteiger partial charge on any atom is -0.348 e. The molecule has 1 heterocycles. The van der Waals surface area contributed by atoms with E-state index in [0.29, 0.717) is 24.7 Å². The van der Waals surface area contributed by atoms with Gasteiger partial charge in [0.25, 0.3) is 5.91 Å². The summed E-state index contributed by atoms with van der Waals surface area (Å²) in [5.41, 5.74) is 2.36. The summed E-state index contributed by atoms with van der Waals surface area (Å²) >= 11 is 0. The summed E-state index contributed by atoms with van der Waals surface area (Å²) in [5.74, 6) is 0.424. The van der Waals surface area contributed by atoms with Crippen molar-refractivity contribution in [3.05, 3.63) is 53.3 Å². The fraction of sp³-hybridized carbons (Fsp3) is 0.389. The Morgan fingerprint density at radius 1 is 1.17 bits per heavy atom. The van der Waals surface area contributed by atoms with Gasteiger partial charge in [0.2, 0.25) is 5.95 Å². The van der Waals surface area contributed by atoms with Gasteiger partial charge >= 0.3 is 0 Å². The molecular weight excluding hydrogens is 288 g/mol. The molecule has 1 amide bonds. The lowest BCUT2D eigenvalue weighted by Gasteiger charge is -2.19. The molecule has 23 heavy (non-hydrogen) atoms. The third-order valence-electron chi connectivity index (χ3n) is 3.77. The molecule has 1 aromatic carbocycles. The molecule has 2 aromatic rings. The molecule has 1 unspecified atom stereocenters. The number of hydrogen-bond donors (Lipinski definition) is 1. The molecule has 0 radical (unpaired) electrons. The van der Waals surface area contributed by atoms with Crippen LogP contribution in [0.25, 0.3) is 0 Å². The standard InChI is InChI=1S/C18H24N4O/c1-5-22(6-2)17(23)16-12-13(3)19-18(21-16)20-14(4)15-10-8-7-9-11-15/h7-12,14H,5-6H2,1-4H3,(H,19,20,21). The zero-order valence-electron chi connectivity index (χ0n) is 14.2. The number of aromatic nitrogens is 2. The number of carbonyl (C=O) groups is 1. The summed E-state index contributed by atoms with van der Waals surface area (Å²) in [5, 5.41) is 3.28. The van der Waals surface area contributed by atoms with Crippen LogP contribution in [-0.2, 0) is 0 Å². The maximum absolute atomic E-state index is 12.5. The third kappa shape index (κ3) is 4.28. The molecule has 0 fully saturated rings. The van der Waals surface area contributed by atoms with Crippen molar-refractivity contribution in [2.75, 3.05) is 18.4 Å². The Labute approximate surface area is 137 Å². The first-order valence-electron chi connectivity index (χ1n) is 8.01. The molecule has 0 aliphatic carbocycles. The Morgan fingerprint density at radius 3 is 2.43 bits per heavy atom. The lowest BCUT2D eigenvalue weighted by atomic mass is 10.1. The Kier molecular flexibility index (Phi) is 5.68. The Hall–Kier alpha value is -2.43. The van der Waals surface area contributed by atoms with Crippen molar-refractivity contribution in [2.24, 2.45) is 0 Å². The number of nitrogens with zero attached hydrogens (tertiary/aromatic N) is 3. The van der Waals surface area contributed by atoms with Crippen LogP contribution in [0.4, 0.5) is 5.95 Å². The van der Waals surface area contributed by atoms with Gasteiger partial charge in [0, 0.05) is 18.8 Å². The zero-order chi connectivity index (χ0) is 16.8. The van der Waals surface area contributed by atoms with E-state index in [0.717, 1.165) is 11.3 Å². The highest BCUT2D eigenvalue weighted by atomic mass is 16.2. The summed E-state index contributed by atoms with van der Waals surface area (Å²) < 4.78 is 0. The second-order valence-corrected chi connectivity index (χ2v) is 5.47. The molecule has 0 saturated carbocycles. The second-order valence-electron chi connectivity index (χ2n) is 5.47. The summed E-state index contributed by atoms with van der Waals surface area (Å²) in [6.07, 6.45) is 0. The van der Waals surface area contributed by atoms with E-state index < -0.39 is 0 Å². The number of anilines is 1. The van der Waals surface area contributed by atoms with Crippen molar-refractivity contribution in [3.63, 3.8) is 0 Å². The summed E-state index contributed by atoms with van der Waals surface area (Å²) in [6.45, 7) is 9.19. The van der Waals surface area contributed by atoms with Crippen LogP contribution in [0.15, 0.2) is 36.4 Å². The van der Waals surface area contributed by atoms with E-state index in [9.17, 15) is 4.79 Å². The molecule has 122 valence electrons. The molecule has 0 bridgehead atoms. The smallest absolute Gasteiger partial charge is 0.272 e. The van der Waals surface area contributed by atoms with Crippen molar-refractivity contribution < 1.29 is 4.79 Å². The average Bonchev–Trinajstić information content (AvgIpc) is 2.56. The van der Waals surface area contributed by atoms with Crippen molar-refractivity contribution in [2.45, 2.75) is 33.7 Å². The van der Waals surface area contributed by atoms with Crippen LogP contribution in [0.2, 0.25) is 0 Å². The highest BCUT2D eigenvalue weighted by Crippen LogP contribution is 2.17. The molecule has 5 nitrogen and oxygen atoms in total. The maximum atomic E-state index is 12.5. The first-order valence-corrected chi connectivity index (χ1v) is 8.01. The van der Waals surface area contributed by atoms with E-state index in [2.05, 4.69) is 27.4 Å².